The number of aryl methyl sites for hydroxylation is 2. The second kappa shape index (κ2) is 9.32. The van der Waals surface area contributed by atoms with E-state index >= 15 is 0 Å². The van der Waals surface area contributed by atoms with Crippen molar-refractivity contribution in [1.29, 1.82) is 0 Å². The van der Waals surface area contributed by atoms with Crippen molar-refractivity contribution in [1.82, 2.24) is 20.2 Å². The molecule has 3 N–H and O–H groups in total. The van der Waals surface area contributed by atoms with Gasteiger partial charge in [0.25, 0.3) is 0 Å². The van der Waals surface area contributed by atoms with E-state index in [2.05, 4.69) is 28.5 Å². The summed E-state index contributed by atoms with van der Waals surface area (Å²) in [6.45, 7) is 6.47. The van der Waals surface area contributed by atoms with Crippen LogP contribution in [0.5, 0.6) is 5.75 Å². The first-order chi connectivity index (χ1) is 13.4. The van der Waals surface area contributed by atoms with Crippen LogP contribution in [0.3, 0.4) is 0 Å². The third-order valence-corrected chi connectivity index (χ3v) is 6.16. The lowest BCUT2D eigenvalue weighted by atomic mass is 9.86. The molecule has 28 heavy (non-hydrogen) atoms. The summed E-state index contributed by atoms with van der Waals surface area (Å²) < 4.78 is 7.21. The molecule has 0 saturated heterocycles. The smallest absolute Gasteiger partial charge is 0.230 e. The predicted molar refractivity (Wildman–Crippen MR) is 111 cm³/mol. The molecular weight excluding hydrogens is 374 g/mol. The number of nitrogens with zero attached hydrogens (tertiary/aromatic N) is 3. The Labute approximate surface area is 170 Å². The van der Waals surface area contributed by atoms with E-state index in [0.717, 1.165) is 17.7 Å². The summed E-state index contributed by atoms with van der Waals surface area (Å²) in [7, 11) is 0. The lowest BCUT2D eigenvalue weighted by molar-refractivity contribution is -0.119. The van der Waals surface area contributed by atoms with Gasteiger partial charge in [-0.1, -0.05) is 49.2 Å². The van der Waals surface area contributed by atoms with Gasteiger partial charge in [-0.05, 0) is 44.2 Å². The Bertz CT molecular complexity index is 823. The summed E-state index contributed by atoms with van der Waals surface area (Å²) in [5.74, 6) is 8.22. The van der Waals surface area contributed by atoms with Gasteiger partial charge in [-0.3, -0.25) is 4.79 Å². The average Bonchev–Trinajstić information content (AvgIpc) is 3.01. The molecule has 3 rings (SSSR count). The molecule has 1 amide bonds. The zero-order valence-electron chi connectivity index (χ0n) is 16.8. The van der Waals surface area contributed by atoms with Crippen molar-refractivity contribution in [2.45, 2.75) is 64.3 Å². The molecule has 2 atom stereocenters. The monoisotopic (exact) mass is 403 g/mol. The van der Waals surface area contributed by atoms with Crippen LogP contribution in [0.4, 0.5) is 0 Å². The summed E-state index contributed by atoms with van der Waals surface area (Å²) >= 11 is 1.29. The van der Waals surface area contributed by atoms with Gasteiger partial charge in [0.15, 0.2) is 5.82 Å². The van der Waals surface area contributed by atoms with Crippen LogP contribution >= 0.6 is 11.8 Å². The number of amides is 1. The van der Waals surface area contributed by atoms with Crippen LogP contribution in [0.25, 0.3) is 0 Å². The molecule has 1 aromatic carbocycles. The lowest BCUT2D eigenvalue weighted by Gasteiger charge is -2.29. The molecule has 8 heteroatoms. The highest BCUT2D eigenvalue weighted by molar-refractivity contribution is 7.99. The molecule has 1 aliphatic carbocycles. The Hall–Kier alpha value is -2.22. The molecule has 1 fully saturated rings. The molecule has 0 unspecified atom stereocenters. The number of nitrogen functional groups attached to an aromatic ring is 1. The molecule has 152 valence electrons. The fourth-order valence-corrected chi connectivity index (χ4v) is 4.20. The molecule has 1 heterocycles. The second-order valence-corrected chi connectivity index (χ2v) is 8.49. The summed E-state index contributed by atoms with van der Waals surface area (Å²) in [5, 5.41) is 11.8. The van der Waals surface area contributed by atoms with Crippen molar-refractivity contribution in [3.63, 3.8) is 0 Å². The largest absolute Gasteiger partial charge is 0.485 e. The summed E-state index contributed by atoms with van der Waals surface area (Å²) in [4.78, 5) is 12.3. The third-order valence-electron chi connectivity index (χ3n) is 5.21. The fraction of sp³-hybridized carbons (Fsp3) is 0.550. The molecule has 1 aliphatic rings. The maximum Gasteiger partial charge on any atom is 0.230 e. The third kappa shape index (κ3) is 5.19. The molecular formula is C20H29N5O2S. The van der Waals surface area contributed by atoms with Crippen molar-refractivity contribution >= 4 is 17.7 Å². The zero-order valence-corrected chi connectivity index (χ0v) is 17.6. The average molecular weight is 404 g/mol. The van der Waals surface area contributed by atoms with E-state index in [1.165, 1.54) is 41.3 Å². The van der Waals surface area contributed by atoms with E-state index in [-0.39, 0.29) is 24.3 Å². The number of hydrogen-bond donors (Lipinski definition) is 2. The van der Waals surface area contributed by atoms with Crippen LogP contribution < -0.4 is 15.9 Å². The summed E-state index contributed by atoms with van der Waals surface area (Å²) in [6, 6.07) is 6.28. The van der Waals surface area contributed by atoms with Crippen LogP contribution in [-0.4, -0.2) is 32.6 Å². The Balaban J connectivity index is 1.50. The van der Waals surface area contributed by atoms with Gasteiger partial charge in [0, 0.05) is 6.04 Å². The van der Waals surface area contributed by atoms with Crippen LogP contribution in [0.1, 0.15) is 49.6 Å². The topological polar surface area (TPSA) is 95.1 Å². The highest BCUT2D eigenvalue weighted by Gasteiger charge is 2.23. The quantitative estimate of drug-likeness (QED) is 0.545. The molecule has 2 aromatic rings. The van der Waals surface area contributed by atoms with E-state index in [1.807, 2.05) is 26.0 Å². The normalized spacial score (nSPS) is 19.4. The van der Waals surface area contributed by atoms with Gasteiger partial charge in [-0.15, -0.1) is 10.2 Å². The number of ether oxygens (including phenoxy) is 1. The Morgan fingerprint density at radius 2 is 2.11 bits per heavy atom. The minimum Gasteiger partial charge on any atom is -0.485 e. The van der Waals surface area contributed by atoms with E-state index in [4.69, 9.17) is 10.6 Å². The number of nitrogens with one attached hydrogen (secondary N) is 1. The Morgan fingerprint density at radius 1 is 1.32 bits per heavy atom. The number of nitrogens with two attached hydrogens (primary N) is 1. The highest BCUT2D eigenvalue weighted by atomic mass is 32.2. The van der Waals surface area contributed by atoms with Gasteiger partial charge in [-0.2, -0.15) is 0 Å². The predicted octanol–water partition coefficient (Wildman–Crippen LogP) is 2.97. The number of benzene rings is 1. The first-order valence-corrected chi connectivity index (χ1v) is 10.7. The fourth-order valence-electron chi connectivity index (χ4n) is 3.52. The number of aromatic nitrogens is 3. The minimum absolute atomic E-state index is 0.0137. The van der Waals surface area contributed by atoms with Crippen molar-refractivity contribution in [2.24, 2.45) is 5.92 Å². The maximum atomic E-state index is 12.3. The van der Waals surface area contributed by atoms with Crippen molar-refractivity contribution in [3.05, 3.63) is 35.2 Å². The van der Waals surface area contributed by atoms with Gasteiger partial charge < -0.3 is 15.9 Å². The van der Waals surface area contributed by atoms with Crippen LogP contribution in [0.15, 0.2) is 23.4 Å². The van der Waals surface area contributed by atoms with Crippen LogP contribution in [0, 0.1) is 19.8 Å². The van der Waals surface area contributed by atoms with Gasteiger partial charge in [0.1, 0.15) is 12.4 Å². The minimum atomic E-state index is 0.0137. The maximum absolute atomic E-state index is 12.3. The number of carbonyl (C=O) groups excluding carboxylic acids is 1. The van der Waals surface area contributed by atoms with Crippen molar-refractivity contribution in [3.8, 4) is 5.75 Å². The standard InChI is InChI=1S/C20H29N5O2S/c1-13-8-9-17(15(3)10-13)27-11-18-23-24-20(25(18)21)28-12-19(26)22-16-7-5-4-6-14(16)2/h8-10,14,16H,4-7,11-12,21H2,1-3H3,(H,22,26)/t14-,16+/m0/s1. The van der Waals surface area contributed by atoms with Gasteiger partial charge in [-0.25, -0.2) is 4.68 Å². The Kier molecular flexibility index (Phi) is 6.83. The molecule has 0 radical (unpaired) electrons. The molecule has 0 bridgehead atoms. The number of hydrogen-bond acceptors (Lipinski definition) is 6. The first kappa shape index (κ1) is 20.5. The molecule has 1 aromatic heterocycles. The van der Waals surface area contributed by atoms with Crippen LogP contribution in [0.2, 0.25) is 0 Å². The number of carbonyl (C=O) groups is 1. The van der Waals surface area contributed by atoms with Gasteiger partial charge >= 0.3 is 0 Å². The molecule has 7 nitrogen and oxygen atoms in total. The van der Waals surface area contributed by atoms with Gasteiger partial charge in [0.05, 0.1) is 5.75 Å². The van der Waals surface area contributed by atoms with E-state index in [1.54, 1.807) is 0 Å². The van der Waals surface area contributed by atoms with E-state index in [9.17, 15) is 4.79 Å². The van der Waals surface area contributed by atoms with Crippen molar-refractivity contribution in [2.75, 3.05) is 11.6 Å². The first-order valence-electron chi connectivity index (χ1n) is 9.75. The molecule has 1 saturated carbocycles. The number of thioether (sulfide) groups is 1. The summed E-state index contributed by atoms with van der Waals surface area (Å²) in [6.07, 6.45) is 4.68. The SMILES string of the molecule is Cc1ccc(OCc2nnc(SCC(=O)N[C@@H]3CCCC[C@@H]3C)n2N)c(C)c1. The molecule has 0 aliphatic heterocycles. The van der Waals surface area contributed by atoms with Crippen LogP contribution in [-0.2, 0) is 11.4 Å². The number of rotatable bonds is 7. The summed E-state index contributed by atoms with van der Waals surface area (Å²) in [5.41, 5.74) is 2.25. The highest BCUT2D eigenvalue weighted by Crippen LogP contribution is 2.24. The van der Waals surface area contributed by atoms with Gasteiger partial charge in [0.2, 0.25) is 11.1 Å². The van der Waals surface area contributed by atoms with Crippen molar-refractivity contribution < 1.29 is 9.53 Å². The Morgan fingerprint density at radius 3 is 2.86 bits per heavy atom. The van der Waals surface area contributed by atoms with E-state index in [0.29, 0.717) is 16.9 Å². The zero-order chi connectivity index (χ0) is 20.1. The second-order valence-electron chi connectivity index (χ2n) is 7.55. The lowest BCUT2D eigenvalue weighted by Crippen LogP contribution is -2.41. The van der Waals surface area contributed by atoms with E-state index < -0.39 is 0 Å². The molecule has 0 spiro atoms.